The molecule has 0 saturated carbocycles. The number of piperidine rings is 1. The van der Waals surface area contributed by atoms with Crippen LogP contribution in [0.4, 0.5) is 4.39 Å². The van der Waals surface area contributed by atoms with Crippen molar-refractivity contribution in [2.24, 2.45) is 5.73 Å². The molecular weight excluding hydrogens is 331 g/mol. The molecule has 1 aromatic carbocycles. The number of amides is 1. The Morgan fingerprint density at radius 2 is 2.21 bits per heavy atom. The highest BCUT2D eigenvalue weighted by Crippen LogP contribution is 2.22. The number of carbonyl (C=O) groups is 1. The minimum Gasteiger partial charge on any atom is -0.392 e. The van der Waals surface area contributed by atoms with Gasteiger partial charge in [0.15, 0.2) is 0 Å². The second-order valence-electron chi connectivity index (χ2n) is 4.54. The average molecular weight is 345 g/mol. The summed E-state index contributed by atoms with van der Waals surface area (Å²) >= 11 is 8.17. The molecule has 2 rings (SSSR count). The third-order valence-electron chi connectivity index (χ3n) is 3.25. The Labute approximate surface area is 125 Å². The third-order valence-corrected chi connectivity index (χ3v) is 4.02. The second-order valence-corrected chi connectivity index (χ2v) is 5.92. The molecule has 1 aliphatic rings. The van der Waals surface area contributed by atoms with Gasteiger partial charge in [0.05, 0.1) is 16.6 Å². The molecule has 19 heavy (non-hydrogen) atoms. The van der Waals surface area contributed by atoms with Crippen molar-refractivity contribution >= 4 is 39.0 Å². The maximum atomic E-state index is 13.8. The van der Waals surface area contributed by atoms with Crippen LogP contribution in [0.2, 0.25) is 0 Å². The molecule has 1 fully saturated rings. The number of hydrogen-bond donors (Lipinski definition) is 1. The number of likely N-dealkylation sites (tertiary alicyclic amines) is 1. The number of nitrogens with two attached hydrogens (primary N) is 1. The number of carbonyl (C=O) groups excluding carboxylic acids is 1. The smallest absolute Gasteiger partial charge is 0.257 e. The predicted octanol–water partition coefficient (Wildman–Crippen LogP) is 2.87. The summed E-state index contributed by atoms with van der Waals surface area (Å²) in [6, 6.07) is 4.15. The van der Waals surface area contributed by atoms with Crippen molar-refractivity contribution in [3.8, 4) is 0 Å². The van der Waals surface area contributed by atoms with Gasteiger partial charge in [0.2, 0.25) is 0 Å². The molecule has 3 nitrogen and oxygen atoms in total. The van der Waals surface area contributed by atoms with E-state index in [-0.39, 0.29) is 17.5 Å². The first-order chi connectivity index (χ1) is 9.00. The number of rotatable bonds is 2. The lowest BCUT2D eigenvalue weighted by molar-refractivity contribution is 0.0676. The Hall–Kier alpha value is -1.01. The summed E-state index contributed by atoms with van der Waals surface area (Å²) in [7, 11) is 0. The van der Waals surface area contributed by atoms with Crippen LogP contribution in [0.15, 0.2) is 22.7 Å². The first kappa shape index (κ1) is 14.4. The van der Waals surface area contributed by atoms with Gasteiger partial charge in [-0.3, -0.25) is 4.79 Å². The van der Waals surface area contributed by atoms with Crippen LogP contribution >= 0.6 is 28.1 Å². The van der Waals surface area contributed by atoms with Gasteiger partial charge in [0.1, 0.15) is 5.82 Å². The van der Waals surface area contributed by atoms with Crippen molar-refractivity contribution in [2.45, 2.75) is 25.3 Å². The molecule has 1 heterocycles. The molecule has 1 amide bonds. The third kappa shape index (κ3) is 3.12. The van der Waals surface area contributed by atoms with Gasteiger partial charge in [-0.15, -0.1) is 0 Å². The van der Waals surface area contributed by atoms with Crippen molar-refractivity contribution in [3.63, 3.8) is 0 Å². The van der Waals surface area contributed by atoms with Crippen LogP contribution < -0.4 is 5.73 Å². The number of thiocarbonyl (C=S) groups is 1. The van der Waals surface area contributed by atoms with Gasteiger partial charge in [-0.25, -0.2) is 4.39 Å². The zero-order valence-electron chi connectivity index (χ0n) is 10.2. The standard InChI is InChI=1S/C13H14BrFN2OS/c14-8-4-5-9(10(15)7-8)13(18)17-6-2-1-3-11(17)12(16)19/h4-5,7,11H,1-3,6H2,(H2,16,19). The fourth-order valence-corrected chi connectivity index (χ4v) is 2.87. The molecule has 1 aromatic rings. The molecule has 1 saturated heterocycles. The molecule has 0 radical (unpaired) electrons. The number of halogens is 2. The van der Waals surface area contributed by atoms with Crippen LogP contribution in [-0.4, -0.2) is 28.4 Å². The van der Waals surface area contributed by atoms with Crippen LogP contribution in [0.5, 0.6) is 0 Å². The minimum absolute atomic E-state index is 0.0614. The summed E-state index contributed by atoms with van der Waals surface area (Å²) in [6.07, 6.45) is 2.62. The van der Waals surface area contributed by atoms with Gasteiger partial charge in [-0.2, -0.15) is 0 Å². The highest BCUT2D eigenvalue weighted by atomic mass is 79.9. The molecule has 0 spiro atoms. The average Bonchev–Trinajstić information content (AvgIpc) is 2.38. The first-order valence-corrected chi connectivity index (χ1v) is 7.26. The highest BCUT2D eigenvalue weighted by molar-refractivity contribution is 9.10. The molecule has 102 valence electrons. The normalized spacial score (nSPS) is 19.3. The molecular formula is C13H14BrFN2OS. The van der Waals surface area contributed by atoms with E-state index in [0.29, 0.717) is 16.0 Å². The zero-order valence-corrected chi connectivity index (χ0v) is 12.6. The van der Waals surface area contributed by atoms with Crippen LogP contribution in [0, 0.1) is 5.82 Å². The second kappa shape index (κ2) is 5.96. The molecule has 6 heteroatoms. The maximum absolute atomic E-state index is 13.8. The van der Waals surface area contributed by atoms with Crippen LogP contribution in [0.3, 0.4) is 0 Å². The van der Waals surface area contributed by atoms with E-state index in [9.17, 15) is 9.18 Å². The summed E-state index contributed by atoms with van der Waals surface area (Å²) in [5, 5.41) is 0. The van der Waals surface area contributed by atoms with Gasteiger partial charge in [0.25, 0.3) is 5.91 Å². The summed E-state index contributed by atoms with van der Waals surface area (Å²) in [4.78, 5) is 14.3. The van der Waals surface area contributed by atoms with E-state index in [1.807, 2.05) is 0 Å². The van der Waals surface area contributed by atoms with E-state index in [2.05, 4.69) is 15.9 Å². The van der Waals surface area contributed by atoms with Crippen molar-refractivity contribution in [1.29, 1.82) is 0 Å². The quantitative estimate of drug-likeness (QED) is 0.839. The van der Waals surface area contributed by atoms with Gasteiger partial charge >= 0.3 is 0 Å². The molecule has 0 aliphatic carbocycles. The number of hydrogen-bond acceptors (Lipinski definition) is 2. The summed E-state index contributed by atoms with van der Waals surface area (Å²) in [5.41, 5.74) is 5.73. The van der Waals surface area contributed by atoms with E-state index in [4.69, 9.17) is 18.0 Å². The van der Waals surface area contributed by atoms with E-state index in [0.717, 1.165) is 19.3 Å². The molecule has 1 atom stereocenters. The van der Waals surface area contributed by atoms with Crippen molar-refractivity contribution in [1.82, 2.24) is 4.90 Å². The van der Waals surface area contributed by atoms with Crippen LogP contribution in [0.25, 0.3) is 0 Å². The van der Waals surface area contributed by atoms with Gasteiger partial charge < -0.3 is 10.6 Å². The van der Waals surface area contributed by atoms with E-state index in [1.165, 1.54) is 12.1 Å². The predicted molar refractivity (Wildman–Crippen MR) is 79.6 cm³/mol. The lowest BCUT2D eigenvalue weighted by atomic mass is 10.0. The van der Waals surface area contributed by atoms with E-state index < -0.39 is 5.82 Å². The van der Waals surface area contributed by atoms with E-state index in [1.54, 1.807) is 11.0 Å². The topological polar surface area (TPSA) is 46.3 Å². The Bertz CT molecular complexity index is 523. The Morgan fingerprint density at radius 3 is 2.84 bits per heavy atom. The zero-order chi connectivity index (χ0) is 14.0. The van der Waals surface area contributed by atoms with Crippen molar-refractivity contribution in [2.75, 3.05) is 6.54 Å². The number of nitrogens with zero attached hydrogens (tertiary/aromatic N) is 1. The molecule has 1 unspecified atom stereocenters. The Morgan fingerprint density at radius 1 is 1.47 bits per heavy atom. The fourth-order valence-electron chi connectivity index (χ4n) is 2.29. The van der Waals surface area contributed by atoms with Gasteiger partial charge in [-0.1, -0.05) is 28.1 Å². The summed E-state index contributed by atoms with van der Waals surface area (Å²) in [5.74, 6) is -0.880. The SMILES string of the molecule is NC(=S)C1CCCCN1C(=O)c1ccc(Br)cc1F. The van der Waals surface area contributed by atoms with E-state index >= 15 is 0 Å². The van der Waals surface area contributed by atoms with Crippen LogP contribution in [-0.2, 0) is 0 Å². The largest absolute Gasteiger partial charge is 0.392 e. The minimum atomic E-state index is -0.536. The Kier molecular flexibility index (Phi) is 4.52. The van der Waals surface area contributed by atoms with Gasteiger partial charge in [-0.05, 0) is 37.5 Å². The molecule has 2 N–H and O–H groups in total. The van der Waals surface area contributed by atoms with Crippen LogP contribution in [0.1, 0.15) is 29.6 Å². The summed E-state index contributed by atoms with van der Waals surface area (Å²) in [6.45, 7) is 0.566. The first-order valence-electron chi connectivity index (χ1n) is 6.06. The van der Waals surface area contributed by atoms with Crippen molar-refractivity contribution < 1.29 is 9.18 Å². The number of benzene rings is 1. The van der Waals surface area contributed by atoms with Crippen molar-refractivity contribution in [3.05, 3.63) is 34.1 Å². The lowest BCUT2D eigenvalue weighted by Crippen LogP contribution is -2.50. The molecule has 0 bridgehead atoms. The highest BCUT2D eigenvalue weighted by Gasteiger charge is 2.30. The monoisotopic (exact) mass is 344 g/mol. The van der Waals surface area contributed by atoms with Gasteiger partial charge in [0, 0.05) is 11.0 Å². The summed E-state index contributed by atoms with van der Waals surface area (Å²) < 4.78 is 14.4. The fraction of sp³-hybridized carbons (Fsp3) is 0.385. The Balaban J connectivity index is 2.28. The maximum Gasteiger partial charge on any atom is 0.257 e. The molecule has 1 aliphatic heterocycles. The lowest BCUT2D eigenvalue weighted by Gasteiger charge is -2.35. The molecule has 0 aromatic heterocycles.